The van der Waals surface area contributed by atoms with Crippen molar-refractivity contribution in [3.8, 4) is 5.75 Å². The van der Waals surface area contributed by atoms with Crippen LogP contribution in [0.4, 0.5) is 18.9 Å². The molecule has 0 saturated heterocycles. The lowest BCUT2D eigenvalue weighted by atomic mass is 10.3. The molecule has 1 N–H and O–H groups in total. The first-order valence-electron chi connectivity index (χ1n) is 4.56. The highest BCUT2D eigenvalue weighted by atomic mass is 19.4. The minimum Gasteiger partial charge on any atom is -0.480 e. The van der Waals surface area contributed by atoms with Crippen LogP contribution in [0.2, 0.25) is 0 Å². The van der Waals surface area contributed by atoms with Gasteiger partial charge in [-0.25, -0.2) is 0 Å². The molecule has 17 heavy (non-hydrogen) atoms. The van der Waals surface area contributed by atoms with Crippen LogP contribution in [0.1, 0.15) is 0 Å². The molecule has 0 spiro atoms. The molecule has 0 amide bonds. The summed E-state index contributed by atoms with van der Waals surface area (Å²) < 4.78 is 39.6. The summed E-state index contributed by atoms with van der Waals surface area (Å²) >= 11 is 0. The molecule has 0 aliphatic rings. The van der Waals surface area contributed by atoms with Gasteiger partial charge in [0, 0.05) is 18.8 Å². The number of carbonyl (C=O) groups is 1. The highest BCUT2D eigenvalue weighted by Gasteiger charge is 2.31. The lowest BCUT2D eigenvalue weighted by Gasteiger charge is -2.18. The van der Waals surface area contributed by atoms with Crippen molar-refractivity contribution in [3.05, 3.63) is 24.3 Å². The summed E-state index contributed by atoms with van der Waals surface area (Å²) in [6, 6.07) is 5.11. The van der Waals surface area contributed by atoms with E-state index in [2.05, 4.69) is 4.74 Å². The molecular formula is C10H10F3NO3. The number of benzene rings is 1. The molecule has 0 heterocycles. The van der Waals surface area contributed by atoms with Gasteiger partial charge in [0.1, 0.15) is 12.3 Å². The summed E-state index contributed by atoms with van der Waals surface area (Å²) in [7, 11) is 1.46. The van der Waals surface area contributed by atoms with Crippen LogP contribution in [0, 0.1) is 0 Å². The first-order chi connectivity index (χ1) is 7.78. The third-order valence-corrected chi connectivity index (χ3v) is 1.86. The zero-order chi connectivity index (χ0) is 13.1. The molecule has 0 unspecified atom stereocenters. The third-order valence-electron chi connectivity index (χ3n) is 1.86. The molecule has 0 fully saturated rings. The summed E-state index contributed by atoms with van der Waals surface area (Å²) in [6.07, 6.45) is -4.76. The molecule has 94 valence electrons. The number of nitrogens with zero attached hydrogens (tertiary/aromatic N) is 1. The number of rotatable bonds is 4. The first kappa shape index (κ1) is 13.1. The quantitative estimate of drug-likeness (QED) is 0.887. The average Bonchev–Trinajstić information content (AvgIpc) is 2.14. The van der Waals surface area contributed by atoms with E-state index in [0.29, 0.717) is 5.69 Å². The number of likely N-dealkylation sites (N-methyl/N-ethyl adjacent to an activating group) is 1. The van der Waals surface area contributed by atoms with Crippen LogP contribution in [0.5, 0.6) is 5.75 Å². The van der Waals surface area contributed by atoms with Crippen LogP contribution >= 0.6 is 0 Å². The molecule has 4 nitrogen and oxygen atoms in total. The van der Waals surface area contributed by atoms with Gasteiger partial charge in [-0.1, -0.05) is 6.07 Å². The van der Waals surface area contributed by atoms with Gasteiger partial charge < -0.3 is 14.7 Å². The minimum absolute atomic E-state index is 0.310. The molecule has 0 radical (unpaired) electrons. The fourth-order valence-corrected chi connectivity index (χ4v) is 1.21. The molecule has 0 atom stereocenters. The van der Waals surface area contributed by atoms with Gasteiger partial charge >= 0.3 is 12.3 Å². The van der Waals surface area contributed by atoms with Crippen molar-refractivity contribution in [2.45, 2.75) is 6.36 Å². The Morgan fingerprint density at radius 2 is 2.12 bits per heavy atom. The van der Waals surface area contributed by atoms with Crippen molar-refractivity contribution < 1.29 is 27.8 Å². The summed E-state index contributed by atoms with van der Waals surface area (Å²) in [6.45, 7) is -0.310. The van der Waals surface area contributed by atoms with E-state index in [0.717, 1.165) is 12.1 Å². The van der Waals surface area contributed by atoms with Crippen molar-refractivity contribution in [2.24, 2.45) is 0 Å². The predicted molar refractivity (Wildman–Crippen MR) is 54.0 cm³/mol. The highest BCUT2D eigenvalue weighted by molar-refractivity contribution is 5.73. The normalized spacial score (nSPS) is 11.1. The summed E-state index contributed by atoms with van der Waals surface area (Å²) in [5.74, 6) is -1.46. The maximum atomic E-state index is 12.0. The standard InChI is InChI=1S/C10H10F3NO3/c1-14(6-9(15)16)7-3-2-4-8(5-7)17-10(11,12)13/h2-5H,6H2,1H3,(H,15,16). The first-order valence-corrected chi connectivity index (χ1v) is 4.56. The van der Waals surface area contributed by atoms with Gasteiger partial charge in [0.25, 0.3) is 0 Å². The number of anilines is 1. The predicted octanol–water partition coefficient (Wildman–Crippen LogP) is 2.11. The number of alkyl halides is 3. The average molecular weight is 249 g/mol. The Morgan fingerprint density at radius 3 is 2.65 bits per heavy atom. The fraction of sp³-hybridized carbons (Fsp3) is 0.300. The molecule has 0 saturated carbocycles. The van der Waals surface area contributed by atoms with Crippen LogP contribution in [-0.4, -0.2) is 31.0 Å². The van der Waals surface area contributed by atoms with E-state index in [4.69, 9.17) is 5.11 Å². The van der Waals surface area contributed by atoms with Crippen LogP contribution < -0.4 is 9.64 Å². The monoisotopic (exact) mass is 249 g/mol. The van der Waals surface area contributed by atoms with Gasteiger partial charge in [0.15, 0.2) is 0 Å². The number of halogens is 3. The van der Waals surface area contributed by atoms with E-state index in [1.54, 1.807) is 0 Å². The number of ether oxygens (including phenoxy) is 1. The van der Waals surface area contributed by atoms with Crippen molar-refractivity contribution in [1.29, 1.82) is 0 Å². The van der Waals surface area contributed by atoms with Crippen molar-refractivity contribution in [3.63, 3.8) is 0 Å². The second kappa shape index (κ2) is 4.94. The molecule has 7 heteroatoms. The zero-order valence-electron chi connectivity index (χ0n) is 8.86. The molecular weight excluding hydrogens is 239 g/mol. The number of aliphatic carboxylic acids is 1. The molecule has 1 rings (SSSR count). The second-order valence-corrected chi connectivity index (χ2v) is 3.29. The largest absolute Gasteiger partial charge is 0.573 e. The Bertz CT molecular complexity index is 406. The van der Waals surface area contributed by atoms with Gasteiger partial charge in [-0.3, -0.25) is 4.79 Å². The van der Waals surface area contributed by atoms with E-state index >= 15 is 0 Å². The Kier molecular flexibility index (Phi) is 3.82. The van der Waals surface area contributed by atoms with E-state index in [1.165, 1.54) is 24.1 Å². The minimum atomic E-state index is -4.76. The zero-order valence-corrected chi connectivity index (χ0v) is 8.86. The smallest absolute Gasteiger partial charge is 0.480 e. The van der Waals surface area contributed by atoms with E-state index < -0.39 is 12.3 Å². The second-order valence-electron chi connectivity index (χ2n) is 3.29. The molecule has 0 aliphatic heterocycles. The van der Waals surface area contributed by atoms with Gasteiger partial charge in [0.05, 0.1) is 0 Å². The number of carboxylic acid groups (broad SMARTS) is 1. The maximum absolute atomic E-state index is 12.0. The molecule has 1 aromatic rings. The summed E-state index contributed by atoms with van der Waals surface area (Å²) in [5, 5.41) is 8.55. The molecule has 0 aliphatic carbocycles. The molecule has 0 aromatic heterocycles. The Labute approximate surface area is 95.2 Å². The number of carboxylic acids is 1. The third kappa shape index (κ3) is 4.62. The Hall–Kier alpha value is -1.92. The van der Waals surface area contributed by atoms with Crippen LogP contribution in [-0.2, 0) is 4.79 Å². The van der Waals surface area contributed by atoms with E-state index in [-0.39, 0.29) is 12.3 Å². The number of hydrogen-bond acceptors (Lipinski definition) is 3. The van der Waals surface area contributed by atoms with Crippen LogP contribution in [0.25, 0.3) is 0 Å². The lowest BCUT2D eigenvalue weighted by molar-refractivity contribution is -0.274. The Morgan fingerprint density at radius 1 is 1.47 bits per heavy atom. The van der Waals surface area contributed by atoms with Gasteiger partial charge in [0.2, 0.25) is 0 Å². The van der Waals surface area contributed by atoms with Crippen LogP contribution in [0.3, 0.4) is 0 Å². The molecule has 0 bridgehead atoms. The summed E-state index contributed by atoms with van der Waals surface area (Å²) in [4.78, 5) is 11.7. The lowest BCUT2D eigenvalue weighted by Crippen LogP contribution is -2.25. The summed E-state index contributed by atoms with van der Waals surface area (Å²) in [5.41, 5.74) is 0.328. The van der Waals surface area contributed by atoms with Crippen LogP contribution in [0.15, 0.2) is 24.3 Å². The van der Waals surface area contributed by atoms with E-state index in [1.807, 2.05) is 0 Å². The van der Waals surface area contributed by atoms with Gasteiger partial charge in [-0.2, -0.15) is 0 Å². The maximum Gasteiger partial charge on any atom is 0.573 e. The highest BCUT2D eigenvalue weighted by Crippen LogP contribution is 2.26. The van der Waals surface area contributed by atoms with Crippen molar-refractivity contribution in [1.82, 2.24) is 0 Å². The fourth-order valence-electron chi connectivity index (χ4n) is 1.21. The van der Waals surface area contributed by atoms with Gasteiger partial charge in [-0.05, 0) is 12.1 Å². The Balaban J connectivity index is 2.82. The SMILES string of the molecule is CN(CC(=O)O)c1cccc(OC(F)(F)F)c1. The topological polar surface area (TPSA) is 49.8 Å². The number of hydrogen-bond donors (Lipinski definition) is 1. The molecule has 1 aromatic carbocycles. The van der Waals surface area contributed by atoms with Crippen molar-refractivity contribution in [2.75, 3.05) is 18.5 Å². The van der Waals surface area contributed by atoms with Gasteiger partial charge in [-0.15, -0.1) is 13.2 Å². The van der Waals surface area contributed by atoms with E-state index in [9.17, 15) is 18.0 Å². The van der Waals surface area contributed by atoms with Crippen molar-refractivity contribution >= 4 is 11.7 Å².